The fraction of sp³-hybridized carbons (Fsp3) is 0.150. The molecular weight excluding hydrogens is 288 g/mol. The molecule has 0 radical (unpaired) electrons. The zero-order chi connectivity index (χ0) is 16.2. The summed E-state index contributed by atoms with van der Waals surface area (Å²) in [5.41, 5.74) is 1.62. The predicted molar refractivity (Wildman–Crippen MR) is 91.5 cm³/mol. The molecule has 3 nitrogen and oxygen atoms in total. The van der Waals surface area contributed by atoms with E-state index < -0.39 is 0 Å². The van der Waals surface area contributed by atoms with Gasteiger partial charge in [0, 0.05) is 12.0 Å². The first kappa shape index (κ1) is 15.1. The van der Waals surface area contributed by atoms with Crippen molar-refractivity contribution in [3.63, 3.8) is 0 Å². The maximum Gasteiger partial charge on any atom is 0.167 e. The van der Waals surface area contributed by atoms with E-state index in [4.69, 9.17) is 9.47 Å². The van der Waals surface area contributed by atoms with Crippen LogP contribution < -0.4 is 9.47 Å². The van der Waals surface area contributed by atoms with Gasteiger partial charge in [0.25, 0.3) is 0 Å². The highest BCUT2D eigenvalue weighted by Gasteiger charge is 2.11. The molecule has 3 heteroatoms. The molecule has 0 saturated heterocycles. The van der Waals surface area contributed by atoms with Crippen LogP contribution in [0.5, 0.6) is 11.5 Å². The fourth-order valence-electron chi connectivity index (χ4n) is 2.65. The molecule has 0 atom stereocenters. The Labute approximate surface area is 135 Å². The molecule has 3 aromatic carbocycles. The van der Waals surface area contributed by atoms with Crippen molar-refractivity contribution in [2.24, 2.45) is 0 Å². The third-order valence-electron chi connectivity index (χ3n) is 3.88. The normalized spacial score (nSPS) is 10.5. The van der Waals surface area contributed by atoms with E-state index in [0.29, 0.717) is 23.5 Å². The van der Waals surface area contributed by atoms with Crippen LogP contribution in [0.15, 0.2) is 60.7 Å². The molecule has 0 spiro atoms. The topological polar surface area (TPSA) is 35.5 Å². The van der Waals surface area contributed by atoms with E-state index in [9.17, 15) is 4.79 Å². The minimum Gasteiger partial charge on any atom is -0.493 e. The van der Waals surface area contributed by atoms with Gasteiger partial charge in [-0.2, -0.15) is 0 Å². The number of hydrogen-bond acceptors (Lipinski definition) is 3. The van der Waals surface area contributed by atoms with Crippen LogP contribution in [0.3, 0.4) is 0 Å². The molecule has 0 bridgehead atoms. The minimum absolute atomic E-state index is 0.0567. The second-order valence-electron chi connectivity index (χ2n) is 5.35. The molecule has 0 aromatic heterocycles. The van der Waals surface area contributed by atoms with Gasteiger partial charge in [0.1, 0.15) is 0 Å². The van der Waals surface area contributed by atoms with Gasteiger partial charge in [0.15, 0.2) is 17.3 Å². The lowest BCUT2D eigenvalue weighted by atomic mass is 10.00. The number of carbonyl (C=O) groups excluding carboxylic acids is 1. The van der Waals surface area contributed by atoms with E-state index in [-0.39, 0.29) is 5.78 Å². The zero-order valence-electron chi connectivity index (χ0n) is 13.2. The van der Waals surface area contributed by atoms with Gasteiger partial charge in [0.05, 0.1) is 14.2 Å². The molecular formula is C20H18O3. The monoisotopic (exact) mass is 306 g/mol. The Morgan fingerprint density at radius 2 is 1.57 bits per heavy atom. The predicted octanol–water partition coefficient (Wildman–Crippen LogP) is 4.28. The first-order valence-electron chi connectivity index (χ1n) is 7.44. The van der Waals surface area contributed by atoms with E-state index in [1.165, 1.54) is 5.39 Å². The van der Waals surface area contributed by atoms with Crippen LogP contribution in [0.4, 0.5) is 0 Å². The number of rotatable bonds is 5. The molecule has 0 fully saturated rings. The number of carbonyl (C=O) groups is 1. The lowest BCUT2D eigenvalue weighted by Gasteiger charge is -2.09. The summed E-state index contributed by atoms with van der Waals surface area (Å²) in [4.78, 5) is 12.5. The molecule has 0 unspecified atom stereocenters. The standard InChI is InChI=1S/C20H18O3/c1-22-19-10-9-17(13-20(19)23-2)18(21)12-14-7-8-15-5-3-4-6-16(15)11-14/h3-11,13H,12H2,1-2H3. The lowest BCUT2D eigenvalue weighted by molar-refractivity contribution is 0.0992. The fourth-order valence-corrected chi connectivity index (χ4v) is 2.65. The molecule has 0 heterocycles. The number of Topliss-reactive ketones (excluding diaryl/α,β-unsaturated/α-hetero) is 1. The number of methoxy groups -OCH3 is 2. The first-order chi connectivity index (χ1) is 11.2. The second kappa shape index (κ2) is 6.53. The van der Waals surface area contributed by atoms with Crippen LogP contribution in [0.25, 0.3) is 10.8 Å². The van der Waals surface area contributed by atoms with Crippen molar-refractivity contribution in [1.82, 2.24) is 0 Å². The number of hydrogen-bond donors (Lipinski definition) is 0. The van der Waals surface area contributed by atoms with Crippen molar-refractivity contribution in [3.8, 4) is 11.5 Å². The number of ether oxygens (including phenoxy) is 2. The van der Waals surface area contributed by atoms with Crippen molar-refractivity contribution in [2.45, 2.75) is 6.42 Å². The highest BCUT2D eigenvalue weighted by molar-refractivity contribution is 5.98. The van der Waals surface area contributed by atoms with E-state index in [0.717, 1.165) is 10.9 Å². The van der Waals surface area contributed by atoms with E-state index >= 15 is 0 Å². The third-order valence-corrected chi connectivity index (χ3v) is 3.88. The summed E-state index contributed by atoms with van der Waals surface area (Å²) in [5.74, 6) is 1.24. The van der Waals surface area contributed by atoms with Gasteiger partial charge in [-0.3, -0.25) is 4.79 Å². The Morgan fingerprint density at radius 3 is 2.30 bits per heavy atom. The van der Waals surface area contributed by atoms with Crippen molar-refractivity contribution in [3.05, 3.63) is 71.8 Å². The molecule has 0 N–H and O–H groups in total. The molecule has 23 heavy (non-hydrogen) atoms. The van der Waals surface area contributed by atoms with Crippen LogP contribution in [0.2, 0.25) is 0 Å². The highest BCUT2D eigenvalue weighted by Crippen LogP contribution is 2.28. The number of benzene rings is 3. The van der Waals surface area contributed by atoms with Crippen LogP contribution in [-0.4, -0.2) is 20.0 Å². The van der Waals surface area contributed by atoms with Crippen LogP contribution in [0, 0.1) is 0 Å². The van der Waals surface area contributed by atoms with Gasteiger partial charge in [0.2, 0.25) is 0 Å². The summed E-state index contributed by atoms with van der Waals surface area (Å²) >= 11 is 0. The Kier molecular flexibility index (Phi) is 4.29. The van der Waals surface area contributed by atoms with Gasteiger partial charge in [-0.1, -0.05) is 42.5 Å². The second-order valence-corrected chi connectivity index (χ2v) is 5.35. The van der Waals surface area contributed by atoms with Crippen LogP contribution in [-0.2, 0) is 6.42 Å². The van der Waals surface area contributed by atoms with E-state index in [2.05, 4.69) is 18.2 Å². The molecule has 0 amide bonds. The molecule has 0 aliphatic carbocycles. The first-order valence-corrected chi connectivity index (χ1v) is 7.44. The smallest absolute Gasteiger partial charge is 0.167 e. The minimum atomic E-state index is 0.0567. The van der Waals surface area contributed by atoms with Crippen molar-refractivity contribution >= 4 is 16.6 Å². The maximum absolute atomic E-state index is 12.5. The molecule has 3 rings (SSSR count). The van der Waals surface area contributed by atoms with E-state index in [1.54, 1.807) is 32.4 Å². The van der Waals surface area contributed by atoms with Gasteiger partial charge in [-0.05, 0) is 34.5 Å². The average molecular weight is 306 g/mol. The Hall–Kier alpha value is -2.81. The van der Waals surface area contributed by atoms with Gasteiger partial charge in [-0.25, -0.2) is 0 Å². The summed E-state index contributed by atoms with van der Waals surface area (Å²) in [5, 5.41) is 2.32. The summed E-state index contributed by atoms with van der Waals surface area (Å²) in [6.07, 6.45) is 0.361. The van der Waals surface area contributed by atoms with E-state index in [1.807, 2.05) is 24.3 Å². The quantitative estimate of drug-likeness (QED) is 0.660. The van der Waals surface area contributed by atoms with Crippen LogP contribution >= 0.6 is 0 Å². The molecule has 0 aliphatic heterocycles. The number of fused-ring (bicyclic) bond motifs is 1. The maximum atomic E-state index is 12.5. The Bertz CT molecular complexity index is 852. The third kappa shape index (κ3) is 3.19. The lowest BCUT2D eigenvalue weighted by Crippen LogP contribution is -2.04. The highest BCUT2D eigenvalue weighted by atomic mass is 16.5. The van der Waals surface area contributed by atoms with Gasteiger partial charge >= 0.3 is 0 Å². The van der Waals surface area contributed by atoms with Crippen molar-refractivity contribution in [1.29, 1.82) is 0 Å². The molecule has 116 valence electrons. The Morgan fingerprint density at radius 1 is 0.826 bits per heavy atom. The summed E-state index contributed by atoms with van der Waals surface area (Å²) in [7, 11) is 3.14. The summed E-state index contributed by atoms with van der Waals surface area (Å²) in [6.45, 7) is 0. The van der Waals surface area contributed by atoms with Crippen LogP contribution in [0.1, 0.15) is 15.9 Å². The van der Waals surface area contributed by atoms with Gasteiger partial charge < -0.3 is 9.47 Å². The van der Waals surface area contributed by atoms with Crippen molar-refractivity contribution < 1.29 is 14.3 Å². The largest absolute Gasteiger partial charge is 0.493 e. The van der Waals surface area contributed by atoms with Gasteiger partial charge in [-0.15, -0.1) is 0 Å². The SMILES string of the molecule is COc1ccc(C(=O)Cc2ccc3ccccc3c2)cc1OC. The molecule has 3 aromatic rings. The Balaban J connectivity index is 1.85. The van der Waals surface area contributed by atoms with Crippen molar-refractivity contribution in [2.75, 3.05) is 14.2 Å². The summed E-state index contributed by atoms with van der Waals surface area (Å²) in [6, 6.07) is 19.5. The zero-order valence-corrected chi connectivity index (χ0v) is 13.2. The summed E-state index contributed by atoms with van der Waals surface area (Å²) < 4.78 is 10.5. The number of ketones is 1. The molecule has 0 aliphatic rings. The average Bonchev–Trinajstić information content (AvgIpc) is 2.60. The molecule has 0 saturated carbocycles.